The van der Waals surface area contributed by atoms with Crippen molar-refractivity contribution in [3.05, 3.63) is 84.6 Å². The van der Waals surface area contributed by atoms with Crippen molar-refractivity contribution in [3.63, 3.8) is 0 Å². The fourth-order valence-corrected chi connectivity index (χ4v) is 1.44. The molecule has 0 amide bonds. The van der Waals surface area contributed by atoms with Gasteiger partial charge in [-0.25, -0.2) is 0 Å². The van der Waals surface area contributed by atoms with Crippen LogP contribution in [0.25, 0.3) is 0 Å². The maximum atomic E-state index is 6.69. The standard InChI is InChI=1S/2C8H5.C6H16N2.Cd/c2*1-2-8-6-4-3-5-7-8;1-7(2)5-6-8(3)4;/h2*3-7H;5-6H2,1-4H3;/q2*-1;;+2. The van der Waals surface area contributed by atoms with E-state index in [0.29, 0.717) is 0 Å². The van der Waals surface area contributed by atoms with Crippen LogP contribution in [0.15, 0.2) is 60.7 Å². The summed E-state index contributed by atoms with van der Waals surface area (Å²) in [4.78, 5) is 4.36. The fraction of sp³-hybridized carbons (Fsp3) is 0.273. The van der Waals surface area contributed by atoms with Crippen LogP contribution in [-0.4, -0.2) is 51.1 Å². The maximum Gasteiger partial charge on any atom is 2.00 e. The van der Waals surface area contributed by atoms with E-state index in [1.807, 2.05) is 60.7 Å². The molecular weight excluding hydrogens is 405 g/mol. The van der Waals surface area contributed by atoms with Gasteiger partial charge in [0.1, 0.15) is 0 Å². The zero-order valence-corrected chi connectivity index (χ0v) is 19.8. The van der Waals surface area contributed by atoms with Gasteiger partial charge in [-0.1, -0.05) is 36.4 Å². The van der Waals surface area contributed by atoms with Crippen LogP contribution in [0.5, 0.6) is 0 Å². The SMILES string of the molecule is CN(C)CCN(C)C.[C-]#Cc1ccccc1.[C-]#Cc1ccccc1.[Cd+2]. The van der Waals surface area contributed by atoms with Crippen molar-refractivity contribution in [3.8, 4) is 11.8 Å². The van der Waals surface area contributed by atoms with Gasteiger partial charge in [-0.3, -0.25) is 11.8 Å². The van der Waals surface area contributed by atoms with Gasteiger partial charge in [0.25, 0.3) is 0 Å². The van der Waals surface area contributed by atoms with E-state index in [-0.39, 0.29) is 27.3 Å². The summed E-state index contributed by atoms with van der Waals surface area (Å²) in [5.41, 5.74) is 1.65. The number of hydrogen-bond acceptors (Lipinski definition) is 2. The van der Waals surface area contributed by atoms with Crippen LogP contribution in [0.2, 0.25) is 0 Å². The quantitative estimate of drug-likeness (QED) is 0.418. The van der Waals surface area contributed by atoms with Gasteiger partial charge in [0, 0.05) is 13.1 Å². The van der Waals surface area contributed by atoms with Crippen LogP contribution in [0.4, 0.5) is 0 Å². The normalized spacial score (nSPS) is 8.64. The molecule has 0 bridgehead atoms. The van der Waals surface area contributed by atoms with Crippen LogP contribution in [0, 0.1) is 24.7 Å². The summed E-state index contributed by atoms with van der Waals surface area (Å²) in [6, 6.07) is 18.7. The predicted molar refractivity (Wildman–Crippen MR) is 102 cm³/mol. The molecule has 0 saturated carbocycles. The Labute approximate surface area is 174 Å². The molecule has 0 saturated heterocycles. The third-order valence-corrected chi connectivity index (χ3v) is 2.83. The molecule has 2 aromatic carbocycles. The van der Waals surface area contributed by atoms with Crippen molar-refractivity contribution < 1.29 is 27.3 Å². The summed E-state index contributed by atoms with van der Waals surface area (Å²) in [6.07, 6.45) is 13.4. The summed E-state index contributed by atoms with van der Waals surface area (Å²) in [5, 5.41) is 0. The summed E-state index contributed by atoms with van der Waals surface area (Å²) >= 11 is 0. The molecule has 0 fully saturated rings. The van der Waals surface area contributed by atoms with Gasteiger partial charge in [0.2, 0.25) is 0 Å². The Morgan fingerprint density at radius 1 is 0.640 bits per heavy atom. The van der Waals surface area contributed by atoms with E-state index in [9.17, 15) is 0 Å². The van der Waals surface area contributed by atoms with Crippen molar-refractivity contribution >= 4 is 0 Å². The van der Waals surface area contributed by atoms with Gasteiger partial charge in [-0.15, -0.1) is 35.4 Å². The maximum absolute atomic E-state index is 6.69. The minimum Gasteiger partial charge on any atom is -0.366 e. The first-order valence-corrected chi connectivity index (χ1v) is 7.74. The summed E-state index contributed by atoms with van der Waals surface area (Å²) < 4.78 is 0. The third kappa shape index (κ3) is 17.0. The smallest absolute Gasteiger partial charge is 0.366 e. The van der Waals surface area contributed by atoms with Gasteiger partial charge in [0.05, 0.1) is 0 Å². The van der Waals surface area contributed by atoms with Gasteiger partial charge < -0.3 is 22.6 Å². The van der Waals surface area contributed by atoms with E-state index < -0.39 is 0 Å². The number of nitrogens with zero attached hydrogens (tertiary/aromatic N) is 2. The predicted octanol–water partition coefficient (Wildman–Crippen LogP) is 3.36. The third-order valence-electron chi connectivity index (χ3n) is 2.83. The number of benzene rings is 2. The second-order valence-electron chi connectivity index (χ2n) is 5.59. The Hall–Kier alpha value is -1.60. The van der Waals surface area contributed by atoms with E-state index in [1.54, 1.807) is 0 Å². The molecule has 0 aromatic heterocycles. The molecule has 0 aliphatic carbocycles. The van der Waals surface area contributed by atoms with E-state index in [1.165, 1.54) is 0 Å². The Bertz CT molecular complexity index is 550. The molecule has 0 heterocycles. The summed E-state index contributed by atoms with van der Waals surface area (Å²) in [6.45, 7) is 2.29. The molecule has 0 atom stereocenters. The Morgan fingerprint density at radius 2 is 0.920 bits per heavy atom. The zero-order chi connectivity index (χ0) is 18.2. The van der Waals surface area contributed by atoms with Crippen molar-refractivity contribution in [1.82, 2.24) is 9.80 Å². The van der Waals surface area contributed by atoms with Crippen molar-refractivity contribution in [2.45, 2.75) is 0 Å². The molecule has 126 valence electrons. The average molecular weight is 431 g/mol. The Kier molecular flexibility index (Phi) is 17.7. The second-order valence-corrected chi connectivity index (χ2v) is 5.59. The van der Waals surface area contributed by atoms with Gasteiger partial charge in [-0.05, 0) is 28.2 Å². The molecule has 2 rings (SSSR count). The second kappa shape index (κ2) is 17.2. The van der Waals surface area contributed by atoms with Crippen LogP contribution in [-0.2, 0) is 27.3 Å². The van der Waals surface area contributed by atoms with Gasteiger partial charge in [-0.2, -0.15) is 0 Å². The van der Waals surface area contributed by atoms with E-state index >= 15 is 0 Å². The van der Waals surface area contributed by atoms with Crippen molar-refractivity contribution in [2.75, 3.05) is 41.3 Å². The Balaban J connectivity index is 0. The first-order valence-electron chi connectivity index (χ1n) is 7.74. The number of rotatable bonds is 3. The topological polar surface area (TPSA) is 6.48 Å². The minimum atomic E-state index is 0. The van der Waals surface area contributed by atoms with Gasteiger partial charge in [0.15, 0.2) is 0 Å². The molecule has 0 N–H and O–H groups in total. The van der Waals surface area contributed by atoms with Crippen molar-refractivity contribution in [1.29, 1.82) is 0 Å². The molecule has 3 heteroatoms. The van der Waals surface area contributed by atoms with Gasteiger partial charge >= 0.3 is 27.3 Å². The minimum absolute atomic E-state index is 0. The van der Waals surface area contributed by atoms with Crippen LogP contribution < -0.4 is 0 Å². The van der Waals surface area contributed by atoms with Crippen LogP contribution in [0.3, 0.4) is 0 Å². The van der Waals surface area contributed by atoms with Crippen molar-refractivity contribution in [2.24, 2.45) is 0 Å². The fourth-order valence-electron chi connectivity index (χ4n) is 1.44. The molecular formula is C22H26CdN2. The molecule has 0 radical (unpaired) electrons. The first kappa shape index (κ1) is 25.6. The van der Waals surface area contributed by atoms with E-state index in [4.69, 9.17) is 12.8 Å². The Morgan fingerprint density at radius 3 is 1.08 bits per heavy atom. The zero-order valence-electron chi connectivity index (χ0n) is 15.8. The van der Waals surface area contributed by atoms with Crippen LogP contribution >= 0.6 is 0 Å². The average Bonchev–Trinajstić information content (AvgIpc) is 2.62. The van der Waals surface area contributed by atoms with E-state index in [2.05, 4.69) is 49.8 Å². The molecule has 0 aliphatic rings. The number of hydrogen-bond donors (Lipinski definition) is 0. The molecule has 25 heavy (non-hydrogen) atoms. The number of likely N-dealkylation sites (N-methyl/N-ethyl adjacent to an activating group) is 2. The molecule has 2 nitrogen and oxygen atoms in total. The van der Waals surface area contributed by atoms with E-state index in [0.717, 1.165) is 24.2 Å². The molecule has 0 unspecified atom stereocenters. The monoisotopic (exact) mass is 432 g/mol. The molecule has 2 aromatic rings. The first-order chi connectivity index (χ1) is 11.5. The molecule has 0 spiro atoms. The summed E-state index contributed by atoms with van der Waals surface area (Å²) in [7, 11) is 8.35. The summed E-state index contributed by atoms with van der Waals surface area (Å²) in [5.74, 6) is 4.55. The van der Waals surface area contributed by atoms with Crippen LogP contribution in [0.1, 0.15) is 11.1 Å². The largest absolute Gasteiger partial charge is 2.00 e. The molecule has 0 aliphatic heterocycles.